The number of anilines is 2. The normalized spacial score (nSPS) is 9.20. The van der Waals surface area contributed by atoms with Crippen LogP contribution in [0.5, 0.6) is 0 Å². The summed E-state index contributed by atoms with van der Waals surface area (Å²) in [6.07, 6.45) is 0. The lowest BCUT2D eigenvalue weighted by Gasteiger charge is -2.11. The van der Waals surface area contributed by atoms with E-state index in [-0.39, 0.29) is 10.2 Å². The molecule has 0 heterocycles. The third kappa shape index (κ3) is 6.52. The third-order valence-electron chi connectivity index (χ3n) is 1.87. The summed E-state index contributed by atoms with van der Waals surface area (Å²) in [5.41, 5.74) is 12.2. The Kier molecular flexibility index (Phi) is 6.45. The first-order valence-corrected chi connectivity index (χ1v) is 6.85. The Bertz CT molecular complexity index is 492. The maximum atomic E-state index is 5.31. The fourth-order valence-corrected chi connectivity index (χ4v) is 1.97. The van der Waals surface area contributed by atoms with E-state index in [2.05, 4.69) is 45.7 Å². The van der Waals surface area contributed by atoms with Gasteiger partial charge in [-0.05, 0) is 73.1 Å². The Morgan fingerprint density at radius 3 is 1.25 bits per heavy atom. The van der Waals surface area contributed by atoms with Crippen molar-refractivity contribution in [2.24, 2.45) is 11.5 Å². The van der Waals surface area contributed by atoms with Gasteiger partial charge >= 0.3 is 0 Å². The van der Waals surface area contributed by atoms with Crippen molar-refractivity contribution in [3.05, 3.63) is 24.3 Å². The molecule has 1 aromatic rings. The molecule has 0 saturated carbocycles. The molecule has 106 valence electrons. The number of thiocarbonyl (C=S) groups is 4. The molecule has 0 aliphatic rings. The smallest absolute Gasteiger partial charge is 0.177 e. The fourth-order valence-electron chi connectivity index (χ4n) is 1.19. The molecule has 1 rings (SSSR count). The minimum Gasteiger partial charge on any atom is -0.376 e. The molecule has 0 unspecified atom stereocenters. The molecule has 8 N–H and O–H groups in total. The van der Waals surface area contributed by atoms with Gasteiger partial charge in [0.25, 0.3) is 0 Å². The molecule has 0 aliphatic carbocycles. The van der Waals surface area contributed by atoms with Crippen LogP contribution in [0.4, 0.5) is 11.4 Å². The van der Waals surface area contributed by atoms with Gasteiger partial charge < -0.3 is 32.7 Å². The summed E-state index contributed by atoms with van der Waals surface area (Å²) >= 11 is 19.4. The summed E-state index contributed by atoms with van der Waals surface area (Å²) < 4.78 is 0. The molecule has 10 heteroatoms. The van der Waals surface area contributed by atoms with E-state index >= 15 is 0 Å². The summed E-state index contributed by atoms with van der Waals surface area (Å²) in [6, 6.07) is 7.22. The Labute approximate surface area is 137 Å². The molecular formula is C10H12N6S4. The van der Waals surface area contributed by atoms with Crippen LogP contribution >= 0.6 is 48.9 Å². The topological polar surface area (TPSA) is 100 Å². The molecule has 0 radical (unpaired) electrons. The van der Waals surface area contributed by atoms with Gasteiger partial charge in [-0.25, -0.2) is 0 Å². The van der Waals surface area contributed by atoms with E-state index in [1.54, 1.807) is 24.3 Å². The second-order valence-electron chi connectivity index (χ2n) is 3.46. The van der Waals surface area contributed by atoms with Gasteiger partial charge in [0.2, 0.25) is 0 Å². The Morgan fingerprint density at radius 1 is 0.700 bits per heavy atom. The fraction of sp³-hybridized carbons (Fsp3) is 0. The molecule has 0 bridgehead atoms. The van der Waals surface area contributed by atoms with Gasteiger partial charge in [-0.2, -0.15) is 0 Å². The van der Waals surface area contributed by atoms with Gasteiger partial charge in [0.1, 0.15) is 0 Å². The van der Waals surface area contributed by atoms with Crippen molar-refractivity contribution in [2.75, 3.05) is 10.6 Å². The molecule has 0 aliphatic heterocycles. The minimum atomic E-state index is 0.106. The maximum absolute atomic E-state index is 5.31. The van der Waals surface area contributed by atoms with E-state index in [0.29, 0.717) is 10.2 Å². The molecule has 1 aromatic carbocycles. The molecule has 0 spiro atoms. The van der Waals surface area contributed by atoms with Crippen LogP contribution in [-0.2, 0) is 0 Å². The monoisotopic (exact) mass is 344 g/mol. The largest absolute Gasteiger partial charge is 0.376 e. The van der Waals surface area contributed by atoms with Crippen molar-refractivity contribution < 1.29 is 0 Å². The third-order valence-corrected chi connectivity index (χ3v) is 2.49. The zero-order valence-corrected chi connectivity index (χ0v) is 13.4. The number of nitrogens with one attached hydrogen (secondary N) is 4. The van der Waals surface area contributed by atoms with Gasteiger partial charge in [0.05, 0.1) is 0 Å². The van der Waals surface area contributed by atoms with Crippen molar-refractivity contribution in [3.8, 4) is 0 Å². The number of hydrogen-bond donors (Lipinski definition) is 6. The van der Waals surface area contributed by atoms with Crippen molar-refractivity contribution in [1.29, 1.82) is 0 Å². The molecule has 20 heavy (non-hydrogen) atoms. The second kappa shape index (κ2) is 7.85. The van der Waals surface area contributed by atoms with Crippen LogP contribution in [0.25, 0.3) is 0 Å². The van der Waals surface area contributed by atoms with Gasteiger partial charge in [0, 0.05) is 11.4 Å². The average molecular weight is 345 g/mol. The van der Waals surface area contributed by atoms with Gasteiger partial charge in [0.15, 0.2) is 20.4 Å². The lowest BCUT2D eigenvalue weighted by Crippen LogP contribution is -2.38. The number of benzene rings is 1. The Hall–Kier alpha value is -1.62. The van der Waals surface area contributed by atoms with Crippen LogP contribution in [0, 0.1) is 0 Å². The molecule has 0 saturated heterocycles. The zero-order chi connectivity index (χ0) is 15.1. The summed E-state index contributed by atoms with van der Waals surface area (Å²) in [4.78, 5) is 0. The molecule has 0 amide bonds. The van der Waals surface area contributed by atoms with Crippen LogP contribution in [0.15, 0.2) is 24.3 Å². The lowest BCUT2D eigenvalue weighted by atomic mass is 10.3. The first-order valence-electron chi connectivity index (χ1n) is 5.22. The standard InChI is InChI=1S/C10H12N6S4/c11-7(17)15-9(19)13-5-1-2-6(4-3-5)14-10(20)16-8(12)18/h1-4H,(H4,11,13,15,17,19)(H4,12,14,16,18,20). The van der Waals surface area contributed by atoms with Gasteiger partial charge in [-0.1, -0.05) is 0 Å². The number of rotatable bonds is 2. The molecule has 0 aromatic heterocycles. The van der Waals surface area contributed by atoms with E-state index in [9.17, 15) is 0 Å². The van der Waals surface area contributed by atoms with E-state index < -0.39 is 0 Å². The van der Waals surface area contributed by atoms with Crippen molar-refractivity contribution in [2.45, 2.75) is 0 Å². The van der Waals surface area contributed by atoms with Crippen molar-refractivity contribution in [3.63, 3.8) is 0 Å². The Morgan fingerprint density at radius 2 is 1.00 bits per heavy atom. The van der Waals surface area contributed by atoms with E-state index in [4.69, 9.17) is 35.9 Å². The highest BCUT2D eigenvalue weighted by molar-refractivity contribution is 7.82. The van der Waals surface area contributed by atoms with E-state index in [1.807, 2.05) is 0 Å². The summed E-state index contributed by atoms with van der Waals surface area (Å²) in [5.74, 6) is 0. The quantitative estimate of drug-likeness (QED) is 0.431. The van der Waals surface area contributed by atoms with Crippen molar-refractivity contribution >= 4 is 80.7 Å². The summed E-state index contributed by atoms with van der Waals surface area (Å²) in [5, 5.41) is 11.9. The van der Waals surface area contributed by atoms with E-state index in [1.165, 1.54) is 0 Å². The maximum Gasteiger partial charge on any atom is 0.177 e. The van der Waals surface area contributed by atoms with Crippen LogP contribution < -0.4 is 32.7 Å². The second-order valence-corrected chi connectivity index (χ2v) is 5.16. The molecule has 0 fully saturated rings. The SMILES string of the molecule is NC(=S)NC(=S)Nc1ccc(NC(=S)NC(N)=S)cc1. The lowest BCUT2D eigenvalue weighted by molar-refractivity contribution is 1.37. The van der Waals surface area contributed by atoms with Gasteiger partial charge in [-0.15, -0.1) is 0 Å². The highest BCUT2D eigenvalue weighted by atomic mass is 32.1. The van der Waals surface area contributed by atoms with Crippen LogP contribution in [-0.4, -0.2) is 20.4 Å². The van der Waals surface area contributed by atoms with Gasteiger partial charge in [-0.3, -0.25) is 0 Å². The van der Waals surface area contributed by atoms with Crippen molar-refractivity contribution in [1.82, 2.24) is 10.6 Å². The molecule has 6 nitrogen and oxygen atoms in total. The first kappa shape index (κ1) is 16.4. The predicted octanol–water partition coefficient (Wildman–Crippen LogP) is 0.747. The highest BCUT2D eigenvalue weighted by Crippen LogP contribution is 2.13. The molecular weight excluding hydrogens is 332 g/mol. The minimum absolute atomic E-state index is 0.106. The average Bonchev–Trinajstić information content (AvgIpc) is 2.29. The van der Waals surface area contributed by atoms with E-state index in [0.717, 1.165) is 11.4 Å². The molecule has 0 atom stereocenters. The first-order chi connectivity index (χ1) is 9.36. The summed E-state index contributed by atoms with van der Waals surface area (Å²) in [6.45, 7) is 0. The number of hydrogen-bond acceptors (Lipinski definition) is 4. The number of nitrogens with two attached hydrogens (primary N) is 2. The predicted molar refractivity (Wildman–Crippen MR) is 98.7 cm³/mol. The highest BCUT2D eigenvalue weighted by Gasteiger charge is 2.00. The zero-order valence-electron chi connectivity index (χ0n) is 10.1. The van der Waals surface area contributed by atoms with Crippen LogP contribution in [0.1, 0.15) is 0 Å². The summed E-state index contributed by atoms with van der Waals surface area (Å²) in [7, 11) is 0. The van der Waals surface area contributed by atoms with Crippen LogP contribution in [0.2, 0.25) is 0 Å². The Balaban J connectivity index is 2.56. The van der Waals surface area contributed by atoms with Crippen LogP contribution in [0.3, 0.4) is 0 Å².